The van der Waals surface area contributed by atoms with Gasteiger partial charge in [0.05, 0.1) is 0 Å². The molecule has 5 heteroatoms. The van der Waals surface area contributed by atoms with E-state index in [0.717, 1.165) is 4.88 Å². The van der Waals surface area contributed by atoms with Gasteiger partial charge in [-0.3, -0.25) is 0 Å². The first-order valence-electron chi connectivity index (χ1n) is 3.89. The van der Waals surface area contributed by atoms with Crippen molar-refractivity contribution >= 4 is 29.4 Å². The highest BCUT2D eigenvalue weighted by molar-refractivity contribution is 7.10. The third-order valence-electron chi connectivity index (χ3n) is 1.58. The highest BCUT2D eigenvalue weighted by atomic mass is 32.1. The smallest absolute Gasteiger partial charge is 0.422 e. The quantitative estimate of drug-likeness (QED) is 0.516. The minimum Gasteiger partial charge on any atom is -0.449 e. The SMILES string of the molecule is O=C1OCC(=Cc2cccs2)OC1=O. The Bertz CT molecular complexity index is 391. The number of esters is 2. The van der Waals surface area contributed by atoms with Crippen LogP contribution in [0.15, 0.2) is 23.3 Å². The molecule has 0 unspecified atom stereocenters. The van der Waals surface area contributed by atoms with Crippen LogP contribution >= 0.6 is 11.3 Å². The van der Waals surface area contributed by atoms with E-state index in [1.165, 1.54) is 11.3 Å². The third kappa shape index (κ3) is 1.82. The Balaban J connectivity index is 2.14. The van der Waals surface area contributed by atoms with Gasteiger partial charge in [0.15, 0.2) is 0 Å². The summed E-state index contributed by atoms with van der Waals surface area (Å²) in [5.74, 6) is -1.54. The zero-order valence-corrected chi connectivity index (χ0v) is 7.87. The molecule has 2 heterocycles. The van der Waals surface area contributed by atoms with Crippen molar-refractivity contribution in [3.63, 3.8) is 0 Å². The summed E-state index contributed by atoms with van der Waals surface area (Å²) in [4.78, 5) is 22.4. The lowest BCUT2D eigenvalue weighted by molar-refractivity contribution is -0.171. The maximum absolute atomic E-state index is 10.8. The number of ether oxygens (including phenoxy) is 2. The van der Waals surface area contributed by atoms with E-state index in [2.05, 4.69) is 4.74 Å². The van der Waals surface area contributed by atoms with E-state index in [9.17, 15) is 9.59 Å². The van der Waals surface area contributed by atoms with E-state index in [0.29, 0.717) is 5.76 Å². The van der Waals surface area contributed by atoms with Crippen molar-refractivity contribution in [1.29, 1.82) is 0 Å². The van der Waals surface area contributed by atoms with Crippen molar-refractivity contribution in [2.75, 3.05) is 6.61 Å². The lowest BCUT2D eigenvalue weighted by atomic mass is 10.3. The normalized spacial score (nSPS) is 19.3. The Morgan fingerprint density at radius 2 is 2.21 bits per heavy atom. The molecule has 1 aliphatic heterocycles. The van der Waals surface area contributed by atoms with E-state index in [1.54, 1.807) is 6.08 Å². The van der Waals surface area contributed by atoms with Crippen LogP contribution in [0.25, 0.3) is 6.08 Å². The van der Waals surface area contributed by atoms with Gasteiger partial charge in [-0.05, 0) is 17.5 Å². The largest absolute Gasteiger partial charge is 0.449 e. The van der Waals surface area contributed by atoms with Gasteiger partial charge in [0.1, 0.15) is 12.4 Å². The Kier molecular flexibility index (Phi) is 2.32. The molecular weight excluding hydrogens is 204 g/mol. The zero-order chi connectivity index (χ0) is 9.97. The number of carbonyl (C=O) groups excluding carboxylic acids is 2. The summed E-state index contributed by atoms with van der Waals surface area (Å²) >= 11 is 1.51. The number of cyclic esters (lactones) is 2. The molecule has 0 N–H and O–H groups in total. The second-order valence-electron chi connectivity index (χ2n) is 2.59. The fraction of sp³-hybridized carbons (Fsp3) is 0.111. The van der Waals surface area contributed by atoms with Crippen molar-refractivity contribution < 1.29 is 19.1 Å². The van der Waals surface area contributed by atoms with Crippen molar-refractivity contribution in [1.82, 2.24) is 0 Å². The molecule has 0 bridgehead atoms. The van der Waals surface area contributed by atoms with E-state index >= 15 is 0 Å². The Morgan fingerprint density at radius 1 is 1.36 bits per heavy atom. The maximum atomic E-state index is 10.8. The van der Waals surface area contributed by atoms with E-state index in [4.69, 9.17) is 4.74 Å². The van der Waals surface area contributed by atoms with Gasteiger partial charge in [-0.15, -0.1) is 11.3 Å². The van der Waals surface area contributed by atoms with Crippen LogP contribution in [0.3, 0.4) is 0 Å². The first kappa shape index (κ1) is 8.96. The molecule has 1 aromatic rings. The van der Waals surface area contributed by atoms with E-state index in [1.807, 2.05) is 17.5 Å². The van der Waals surface area contributed by atoms with Crippen LogP contribution in [-0.4, -0.2) is 18.5 Å². The maximum Gasteiger partial charge on any atom is 0.422 e. The lowest BCUT2D eigenvalue weighted by Crippen LogP contribution is -2.27. The molecule has 0 spiro atoms. The molecule has 0 amide bonds. The van der Waals surface area contributed by atoms with Crippen LogP contribution in [0.5, 0.6) is 0 Å². The second kappa shape index (κ2) is 3.63. The topological polar surface area (TPSA) is 52.6 Å². The van der Waals surface area contributed by atoms with Gasteiger partial charge in [-0.2, -0.15) is 0 Å². The highest BCUT2D eigenvalue weighted by Gasteiger charge is 2.25. The van der Waals surface area contributed by atoms with Crippen LogP contribution in [0.1, 0.15) is 4.88 Å². The summed E-state index contributed by atoms with van der Waals surface area (Å²) in [5, 5.41) is 1.91. The summed E-state index contributed by atoms with van der Waals surface area (Å²) in [6.45, 7) is 0.0163. The standard InChI is InChI=1S/C9H6O4S/c10-8-9(11)13-6(5-12-8)4-7-2-1-3-14-7/h1-4H,5H2. The Hall–Kier alpha value is -1.62. The van der Waals surface area contributed by atoms with Gasteiger partial charge in [0.25, 0.3) is 0 Å². The zero-order valence-electron chi connectivity index (χ0n) is 7.06. The van der Waals surface area contributed by atoms with Gasteiger partial charge in [-0.1, -0.05) is 6.07 Å². The molecule has 1 aliphatic rings. The summed E-state index contributed by atoms with van der Waals surface area (Å²) in [5.41, 5.74) is 0. The molecule has 0 saturated carbocycles. The van der Waals surface area contributed by atoms with Crippen LogP contribution in [0.4, 0.5) is 0 Å². The minimum absolute atomic E-state index is 0.0163. The number of hydrogen-bond donors (Lipinski definition) is 0. The highest BCUT2D eigenvalue weighted by Crippen LogP contribution is 2.16. The van der Waals surface area contributed by atoms with E-state index < -0.39 is 11.9 Å². The van der Waals surface area contributed by atoms with Crippen LogP contribution in [0, 0.1) is 0 Å². The van der Waals surface area contributed by atoms with Crippen molar-refractivity contribution in [3.05, 3.63) is 28.1 Å². The molecule has 1 saturated heterocycles. The molecule has 0 atom stereocenters. The van der Waals surface area contributed by atoms with Gasteiger partial charge in [0, 0.05) is 4.88 Å². The fourth-order valence-electron chi connectivity index (χ4n) is 0.989. The summed E-state index contributed by atoms with van der Waals surface area (Å²) < 4.78 is 9.30. The lowest BCUT2D eigenvalue weighted by Gasteiger charge is -2.13. The number of carbonyl (C=O) groups is 2. The molecule has 1 fully saturated rings. The molecule has 0 radical (unpaired) electrons. The van der Waals surface area contributed by atoms with Crippen LogP contribution in [-0.2, 0) is 19.1 Å². The predicted octanol–water partition coefficient (Wildman–Crippen LogP) is 1.19. The van der Waals surface area contributed by atoms with Crippen molar-refractivity contribution in [2.24, 2.45) is 0 Å². The number of hydrogen-bond acceptors (Lipinski definition) is 5. The molecule has 72 valence electrons. The molecule has 14 heavy (non-hydrogen) atoms. The Labute approximate surface area is 83.8 Å². The first-order valence-corrected chi connectivity index (χ1v) is 4.77. The Morgan fingerprint density at radius 3 is 2.86 bits per heavy atom. The van der Waals surface area contributed by atoms with Crippen molar-refractivity contribution in [3.8, 4) is 0 Å². The summed E-state index contributed by atoms with van der Waals surface area (Å²) in [7, 11) is 0. The average molecular weight is 210 g/mol. The molecule has 1 aromatic heterocycles. The third-order valence-corrected chi connectivity index (χ3v) is 2.40. The predicted molar refractivity (Wildman–Crippen MR) is 49.3 cm³/mol. The molecule has 4 nitrogen and oxygen atoms in total. The molecule has 0 aliphatic carbocycles. The van der Waals surface area contributed by atoms with Gasteiger partial charge in [0.2, 0.25) is 0 Å². The fourth-order valence-corrected chi connectivity index (χ4v) is 1.66. The van der Waals surface area contributed by atoms with Crippen LogP contribution < -0.4 is 0 Å². The summed E-state index contributed by atoms with van der Waals surface area (Å²) in [6.07, 6.45) is 1.68. The molecular formula is C9H6O4S. The van der Waals surface area contributed by atoms with E-state index in [-0.39, 0.29) is 6.61 Å². The summed E-state index contributed by atoms with van der Waals surface area (Å²) in [6, 6.07) is 3.76. The average Bonchev–Trinajstić information content (AvgIpc) is 2.64. The molecule has 2 rings (SSSR count). The number of rotatable bonds is 1. The number of thiophene rings is 1. The molecule has 0 aromatic carbocycles. The van der Waals surface area contributed by atoms with Crippen LogP contribution in [0.2, 0.25) is 0 Å². The van der Waals surface area contributed by atoms with Crippen molar-refractivity contribution in [2.45, 2.75) is 0 Å². The van der Waals surface area contributed by atoms with Gasteiger partial charge < -0.3 is 9.47 Å². The monoisotopic (exact) mass is 210 g/mol. The van der Waals surface area contributed by atoms with Gasteiger partial charge >= 0.3 is 11.9 Å². The second-order valence-corrected chi connectivity index (χ2v) is 3.57. The first-order chi connectivity index (χ1) is 6.75. The van der Waals surface area contributed by atoms with Gasteiger partial charge in [-0.25, -0.2) is 9.59 Å². The minimum atomic E-state index is -0.959.